The molecule has 2 heteroatoms. The molecule has 0 saturated heterocycles. The highest BCUT2D eigenvalue weighted by molar-refractivity contribution is 5.72. The van der Waals surface area contributed by atoms with Gasteiger partial charge < -0.3 is 5.32 Å². The average Bonchev–Trinajstić information content (AvgIpc) is 2.28. The van der Waals surface area contributed by atoms with Gasteiger partial charge in [-0.3, -0.25) is 4.79 Å². The highest BCUT2D eigenvalue weighted by atomic mass is 16.1. The van der Waals surface area contributed by atoms with Crippen LogP contribution in [0.25, 0.3) is 0 Å². The van der Waals surface area contributed by atoms with Crippen LogP contribution in [0, 0.1) is 0 Å². The van der Waals surface area contributed by atoms with Crippen LogP contribution in [0.15, 0.2) is 24.3 Å². The van der Waals surface area contributed by atoms with Crippen molar-refractivity contribution in [2.45, 2.75) is 53.5 Å². The van der Waals surface area contributed by atoms with E-state index in [1.165, 1.54) is 12.5 Å². The lowest BCUT2D eigenvalue weighted by Gasteiger charge is -2.19. The zero-order valence-electron chi connectivity index (χ0n) is 11.9. The largest absolute Gasteiger partial charge is 0.352 e. The van der Waals surface area contributed by atoms with Gasteiger partial charge in [0.1, 0.15) is 0 Å². The fraction of sp³-hybridized carbons (Fsp3) is 0.533. The molecule has 96 valence electrons. The van der Waals surface area contributed by atoms with Crippen LogP contribution in [0.5, 0.6) is 0 Å². The first-order chi connectivity index (χ1) is 7.89. The first-order valence-corrected chi connectivity index (χ1v) is 6.23. The summed E-state index contributed by atoms with van der Waals surface area (Å²) in [7, 11) is 0. The summed E-state index contributed by atoms with van der Waals surface area (Å²) in [6, 6.07) is 8.38. The van der Waals surface area contributed by atoms with Crippen molar-refractivity contribution < 1.29 is 4.79 Å². The lowest BCUT2D eigenvalue weighted by molar-refractivity contribution is -0.119. The summed E-state index contributed by atoms with van der Waals surface area (Å²) in [4.78, 5) is 10.7. The topological polar surface area (TPSA) is 29.1 Å². The van der Waals surface area contributed by atoms with Crippen molar-refractivity contribution in [2.24, 2.45) is 0 Å². The highest BCUT2D eigenvalue weighted by Crippen LogP contribution is 2.21. The van der Waals surface area contributed by atoms with E-state index in [4.69, 9.17) is 0 Å². The maximum atomic E-state index is 10.7. The number of carbonyl (C=O) groups is 1. The van der Waals surface area contributed by atoms with Crippen LogP contribution in [-0.2, 0) is 16.8 Å². The Kier molecular flexibility index (Phi) is 6.55. The second-order valence-electron chi connectivity index (χ2n) is 4.86. The van der Waals surface area contributed by atoms with Gasteiger partial charge in [-0.1, -0.05) is 58.9 Å². The van der Waals surface area contributed by atoms with Crippen molar-refractivity contribution >= 4 is 5.91 Å². The third-order valence-corrected chi connectivity index (χ3v) is 2.36. The summed E-state index contributed by atoms with van der Waals surface area (Å²) >= 11 is 0. The van der Waals surface area contributed by atoms with Gasteiger partial charge in [0.05, 0.1) is 0 Å². The summed E-state index contributed by atoms with van der Waals surface area (Å²) in [5.41, 5.74) is 2.64. The van der Waals surface area contributed by atoms with Crippen LogP contribution in [-0.4, -0.2) is 5.91 Å². The Balaban J connectivity index is 0.00000121. The number of hydrogen-bond acceptors (Lipinski definition) is 1. The molecule has 0 spiro atoms. The normalized spacial score (nSPS) is 10.2. The van der Waals surface area contributed by atoms with Gasteiger partial charge in [0.25, 0.3) is 0 Å². The third kappa shape index (κ3) is 6.10. The van der Waals surface area contributed by atoms with E-state index in [1.54, 1.807) is 0 Å². The minimum atomic E-state index is 0.00916. The number of rotatable bonds is 2. The molecule has 1 amide bonds. The smallest absolute Gasteiger partial charge is 0.217 e. The molecule has 0 heterocycles. The molecule has 0 aliphatic rings. The van der Waals surface area contributed by atoms with Gasteiger partial charge in [-0.25, -0.2) is 0 Å². The Bertz CT molecular complexity index is 333. The van der Waals surface area contributed by atoms with Crippen LogP contribution in [0.2, 0.25) is 0 Å². The molecule has 17 heavy (non-hydrogen) atoms. The molecule has 0 bridgehead atoms. The van der Waals surface area contributed by atoms with E-state index in [0.29, 0.717) is 6.54 Å². The second kappa shape index (κ2) is 7.10. The Morgan fingerprint density at radius 3 is 1.94 bits per heavy atom. The fourth-order valence-electron chi connectivity index (χ4n) is 1.35. The van der Waals surface area contributed by atoms with Gasteiger partial charge in [-0.05, 0) is 16.5 Å². The van der Waals surface area contributed by atoms with E-state index in [-0.39, 0.29) is 11.3 Å². The molecule has 0 aliphatic heterocycles. The monoisotopic (exact) mass is 235 g/mol. The average molecular weight is 235 g/mol. The van der Waals surface area contributed by atoms with Gasteiger partial charge >= 0.3 is 0 Å². The molecular formula is C15H25NO. The van der Waals surface area contributed by atoms with Crippen molar-refractivity contribution in [3.05, 3.63) is 35.4 Å². The molecule has 2 nitrogen and oxygen atoms in total. The molecule has 1 aromatic carbocycles. The Hall–Kier alpha value is -1.31. The lowest BCUT2D eigenvalue weighted by Crippen LogP contribution is -2.19. The maximum absolute atomic E-state index is 10.7. The molecule has 1 N–H and O–H groups in total. The van der Waals surface area contributed by atoms with Crippen molar-refractivity contribution in [3.8, 4) is 0 Å². The van der Waals surface area contributed by atoms with Crippen LogP contribution >= 0.6 is 0 Å². The minimum absolute atomic E-state index is 0.00916. The molecule has 1 aromatic rings. The van der Waals surface area contributed by atoms with Crippen LogP contribution in [0.4, 0.5) is 0 Å². The molecule has 0 radical (unpaired) electrons. The van der Waals surface area contributed by atoms with E-state index >= 15 is 0 Å². The van der Waals surface area contributed by atoms with Gasteiger partial charge in [0.2, 0.25) is 5.91 Å². The molecule has 0 unspecified atom stereocenters. The number of hydrogen-bond donors (Lipinski definition) is 1. The van der Waals surface area contributed by atoms with E-state index in [2.05, 4.69) is 50.4 Å². The van der Waals surface area contributed by atoms with E-state index in [0.717, 1.165) is 5.56 Å². The summed E-state index contributed by atoms with van der Waals surface area (Å²) in [5.74, 6) is 0.00916. The Morgan fingerprint density at radius 2 is 1.59 bits per heavy atom. The Morgan fingerprint density at radius 1 is 1.12 bits per heavy atom. The molecule has 0 aromatic heterocycles. The molecule has 0 fully saturated rings. The predicted octanol–water partition coefficient (Wildman–Crippen LogP) is 3.65. The quantitative estimate of drug-likeness (QED) is 0.833. The number of benzene rings is 1. The van der Waals surface area contributed by atoms with E-state index < -0.39 is 0 Å². The first-order valence-electron chi connectivity index (χ1n) is 6.23. The molecule has 0 atom stereocenters. The number of nitrogens with one attached hydrogen (secondary N) is 1. The minimum Gasteiger partial charge on any atom is -0.352 e. The van der Waals surface area contributed by atoms with Crippen LogP contribution in [0.1, 0.15) is 52.7 Å². The van der Waals surface area contributed by atoms with Crippen LogP contribution in [0.3, 0.4) is 0 Å². The zero-order chi connectivity index (χ0) is 13.5. The molecule has 1 rings (SSSR count). The van der Waals surface area contributed by atoms with Crippen molar-refractivity contribution in [1.29, 1.82) is 0 Å². The molecule has 0 aliphatic carbocycles. The van der Waals surface area contributed by atoms with Crippen molar-refractivity contribution in [1.82, 2.24) is 5.32 Å². The lowest BCUT2D eigenvalue weighted by atomic mass is 9.87. The van der Waals surface area contributed by atoms with Gasteiger partial charge in [-0.15, -0.1) is 0 Å². The fourth-order valence-corrected chi connectivity index (χ4v) is 1.35. The summed E-state index contributed by atoms with van der Waals surface area (Å²) < 4.78 is 0. The highest BCUT2D eigenvalue weighted by Gasteiger charge is 2.12. The van der Waals surface area contributed by atoms with Crippen LogP contribution < -0.4 is 5.32 Å². The summed E-state index contributed by atoms with van der Waals surface area (Å²) in [6.45, 7) is 12.7. The van der Waals surface area contributed by atoms with Gasteiger partial charge in [0, 0.05) is 13.5 Å². The van der Waals surface area contributed by atoms with E-state index in [9.17, 15) is 4.79 Å². The maximum Gasteiger partial charge on any atom is 0.217 e. The van der Waals surface area contributed by atoms with Crippen molar-refractivity contribution in [2.75, 3.05) is 0 Å². The predicted molar refractivity (Wildman–Crippen MR) is 74.0 cm³/mol. The molecular weight excluding hydrogens is 210 g/mol. The standard InChI is InChI=1S/C13H19NO.C2H6/c1-10(15)14-9-11-5-7-12(8-6-11)13(2,3)4;1-2/h5-8H,9H2,1-4H3,(H,14,15);1-2H3. The molecule has 0 saturated carbocycles. The summed E-state index contributed by atoms with van der Waals surface area (Å²) in [6.07, 6.45) is 0. The second-order valence-corrected chi connectivity index (χ2v) is 4.86. The SMILES string of the molecule is CC.CC(=O)NCc1ccc(C(C)(C)C)cc1. The van der Waals surface area contributed by atoms with E-state index in [1.807, 2.05) is 13.8 Å². The van der Waals surface area contributed by atoms with Crippen molar-refractivity contribution in [3.63, 3.8) is 0 Å². The number of amides is 1. The summed E-state index contributed by atoms with van der Waals surface area (Å²) in [5, 5.41) is 2.78. The third-order valence-electron chi connectivity index (χ3n) is 2.36. The first kappa shape index (κ1) is 15.7. The van der Waals surface area contributed by atoms with Gasteiger partial charge in [-0.2, -0.15) is 0 Å². The van der Waals surface area contributed by atoms with Gasteiger partial charge in [0.15, 0.2) is 0 Å². The number of carbonyl (C=O) groups excluding carboxylic acids is 1. The zero-order valence-corrected chi connectivity index (χ0v) is 11.9. The Labute approximate surface area is 105 Å².